The summed E-state index contributed by atoms with van der Waals surface area (Å²) < 4.78 is 39.5. The highest BCUT2D eigenvalue weighted by Gasteiger charge is 2.51. The lowest BCUT2D eigenvalue weighted by Gasteiger charge is -2.42. The maximum Gasteiger partial charge on any atom is 0.421 e. The highest BCUT2D eigenvalue weighted by molar-refractivity contribution is 6.00. The normalized spacial score (nSPS) is 29.2. The molecule has 3 fully saturated rings. The van der Waals surface area contributed by atoms with Crippen molar-refractivity contribution in [2.24, 2.45) is 10.9 Å². The SMILES string of the molecule is CC(O)(c1ccc(/C(=N/C#N)N(C2CC2)C2CCC(O)(C3CC3)CC2)cc1)C(F)(F)F. The van der Waals surface area contributed by atoms with Crippen molar-refractivity contribution >= 4 is 5.84 Å². The maximum atomic E-state index is 13.2. The Morgan fingerprint density at radius 3 is 2.06 bits per heavy atom. The summed E-state index contributed by atoms with van der Waals surface area (Å²) in [6.07, 6.45) is 4.23. The van der Waals surface area contributed by atoms with E-state index >= 15 is 0 Å². The van der Waals surface area contributed by atoms with Gasteiger partial charge < -0.3 is 15.1 Å². The van der Waals surface area contributed by atoms with Crippen LogP contribution in [0.1, 0.15) is 69.4 Å². The molecule has 31 heavy (non-hydrogen) atoms. The van der Waals surface area contributed by atoms with Gasteiger partial charge in [-0.1, -0.05) is 24.3 Å². The zero-order valence-corrected chi connectivity index (χ0v) is 17.6. The Morgan fingerprint density at radius 2 is 1.61 bits per heavy atom. The number of benzene rings is 1. The quantitative estimate of drug-likeness (QED) is 0.412. The highest BCUT2D eigenvalue weighted by Crippen LogP contribution is 2.48. The summed E-state index contributed by atoms with van der Waals surface area (Å²) >= 11 is 0. The molecule has 0 spiro atoms. The van der Waals surface area contributed by atoms with Gasteiger partial charge in [0, 0.05) is 17.6 Å². The molecule has 0 radical (unpaired) electrons. The van der Waals surface area contributed by atoms with Crippen LogP contribution in [-0.2, 0) is 5.60 Å². The lowest BCUT2D eigenvalue weighted by atomic mass is 9.78. The van der Waals surface area contributed by atoms with Crippen LogP contribution >= 0.6 is 0 Å². The molecule has 1 aromatic carbocycles. The maximum absolute atomic E-state index is 13.2. The zero-order valence-electron chi connectivity index (χ0n) is 17.6. The molecule has 1 atom stereocenters. The number of hydrogen-bond acceptors (Lipinski definition) is 4. The van der Waals surface area contributed by atoms with Gasteiger partial charge in [0.15, 0.2) is 5.60 Å². The van der Waals surface area contributed by atoms with Gasteiger partial charge in [-0.05, 0) is 69.8 Å². The summed E-state index contributed by atoms with van der Waals surface area (Å²) in [5.74, 6) is 0.870. The number of aliphatic imine (C=N–C) groups is 1. The highest BCUT2D eigenvalue weighted by atomic mass is 19.4. The minimum atomic E-state index is -4.79. The first-order valence-corrected chi connectivity index (χ1v) is 10.9. The Balaban J connectivity index is 1.57. The van der Waals surface area contributed by atoms with E-state index in [9.17, 15) is 28.6 Å². The Kier molecular flexibility index (Phi) is 5.55. The van der Waals surface area contributed by atoms with Crippen LogP contribution < -0.4 is 0 Å². The molecule has 0 heterocycles. The molecule has 2 N–H and O–H groups in total. The van der Waals surface area contributed by atoms with Crippen LogP contribution in [0.25, 0.3) is 0 Å². The second-order valence-corrected chi connectivity index (χ2v) is 9.43. The van der Waals surface area contributed by atoms with Gasteiger partial charge in [-0.2, -0.15) is 23.4 Å². The first-order valence-electron chi connectivity index (χ1n) is 10.9. The van der Waals surface area contributed by atoms with Crippen molar-refractivity contribution in [3.8, 4) is 6.19 Å². The van der Waals surface area contributed by atoms with Gasteiger partial charge in [-0.25, -0.2) is 0 Å². The summed E-state index contributed by atoms with van der Waals surface area (Å²) in [5.41, 5.74) is -3.24. The summed E-state index contributed by atoms with van der Waals surface area (Å²) in [4.78, 5) is 6.20. The van der Waals surface area contributed by atoms with E-state index in [4.69, 9.17) is 0 Å². The number of nitrogens with zero attached hydrogens (tertiary/aromatic N) is 3. The van der Waals surface area contributed by atoms with Gasteiger partial charge >= 0.3 is 6.18 Å². The third kappa shape index (κ3) is 4.31. The Bertz CT molecular complexity index is 873. The van der Waals surface area contributed by atoms with Crippen LogP contribution in [0.4, 0.5) is 13.2 Å². The number of aliphatic hydroxyl groups is 2. The molecule has 1 aromatic rings. The lowest BCUT2D eigenvalue weighted by molar-refractivity contribution is -0.258. The van der Waals surface area contributed by atoms with Crippen LogP contribution in [0.2, 0.25) is 0 Å². The van der Waals surface area contributed by atoms with Crippen molar-refractivity contribution in [2.45, 2.75) is 87.8 Å². The summed E-state index contributed by atoms with van der Waals surface area (Å²) in [6, 6.07) is 5.86. The third-order valence-electron chi connectivity index (χ3n) is 7.15. The molecule has 8 heteroatoms. The van der Waals surface area contributed by atoms with Gasteiger partial charge in [0.05, 0.1) is 5.60 Å². The van der Waals surface area contributed by atoms with Crippen molar-refractivity contribution in [3.63, 3.8) is 0 Å². The molecule has 3 aliphatic carbocycles. The average Bonchev–Trinajstić information content (AvgIpc) is 3.61. The van der Waals surface area contributed by atoms with Crippen molar-refractivity contribution < 1.29 is 23.4 Å². The molecular weight excluding hydrogens is 407 g/mol. The van der Waals surface area contributed by atoms with Crippen LogP contribution in [0.5, 0.6) is 0 Å². The average molecular weight is 435 g/mol. The smallest absolute Gasteiger partial charge is 0.390 e. The van der Waals surface area contributed by atoms with E-state index in [1.54, 1.807) is 0 Å². The van der Waals surface area contributed by atoms with Crippen molar-refractivity contribution in [2.75, 3.05) is 0 Å². The molecule has 0 bridgehead atoms. The standard InChI is InChI=1S/C23H28F3N3O2/c1-21(30,23(24,25)26)16-4-2-15(3-5-16)20(28-14-27)29(18-8-9-18)19-10-12-22(31,13-11-19)17-6-7-17/h2-5,17-19,30-31H,6-13H2,1H3/b28-20-. The Labute approximate surface area is 180 Å². The molecule has 3 aliphatic rings. The number of nitriles is 1. The number of alkyl halides is 3. The van der Waals surface area contributed by atoms with E-state index < -0.39 is 17.4 Å². The van der Waals surface area contributed by atoms with E-state index in [1.807, 2.05) is 6.19 Å². The predicted molar refractivity (Wildman–Crippen MR) is 109 cm³/mol. The van der Waals surface area contributed by atoms with Gasteiger partial charge in [0.2, 0.25) is 6.19 Å². The number of rotatable bonds is 5. The van der Waals surface area contributed by atoms with Gasteiger partial charge in [-0.15, -0.1) is 0 Å². The topological polar surface area (TPSA) is 79.9 Å². The van der Waals surface area contributed by atoms with E-state index in [-0.39, 0.29) is 17.6 Å². The summed E-state index contributed by atoms with van der Waals surface area (Å²) in [7, 11) is 0. The molecule has 0 amide bonds. The molecule has 4 rings (SSSR count). The first-order chi connectivity index (χ1) is 14.6. The molecular formula is C23H28F3N3O2. The van der Waals surface area contributed by atoms with Gasteiger partial charge in [0.1, 0.15) is 5.84 Å². The van der Waals surface area contributed by atoms with Crippen molar-refractivity contribution in [1.82, 2.24) is 4.90 Å². The second-order valence-electron chi connectivity index (χ2n) is 9.43. The van der Waals surface area contributed by atoms with E-state index in [1.165, 1.54) is 24.3 Å². The minimum Gasteiger partial charge on any atom is -0.390 e. The molecule has 0 aliphatic heterocycles. The molecule has 3 saturated carbocycles. The summed E-state index contributed by atoms with van der Waals surface area (Å²) in [6.45, 7) is 0.728. The van der Waals surface area contributed by atoms with Crippen LogP contribution in [0.3, 0.4) is 0 Å². The largest absolute Gasteiger partial charge is 0.421 e. The Morgan fingerprint density at radius 1 is 1.06 bits per heavy atom. The predicted octanol–water partition coefficient (Wildman–Crippen LogP) is 4.23. The lowest BCUT2D eigenvalue weighted by Crippen LogP contribution is -2.48. The van der Waals surface area contributed by atoms with E-state index in [2.05, 4.69) is 9.89 Å². The summed E-state index contributed by atoms with van der Waals surface area (Å²) in [5, 5.41) is 30.1. The number of halogens is 3. The molecule has 0 aromatic heterocycles. The van der Waals surface area contributed by atoms with Crippen molar-refractivity contribution in [1.29, 1.82) is 5.26 Å². The third-order valence-corrected chi connectivity index (χ3v) is 7.15. The van der Waals surface area contributed by atoms with Crippen LogP contribution in [0, 0.1) is 17.4 Å². The molecule has 0 saturated heterocycles. The molecule has 1 unspecified atom stereocenters. The van der Waals surface area contributed by atoms with Gasteiger partial charge in [0.25, 0.3) is 0 Å². The van der Waals surface area contributed by atoms with Crippen LogP contribution in [-0.4, -0.2) is 44.8 Å². The van der Waals surface area contributed by atoms with E-state index in [0.29, 0.717) is 17.3 Å². The monoisotopic (exact) mass is 435 g/mol. The fraction of sp³-hybridized carbons (Fsp3) is 0.652. The Hall–Kier alpha value is -2.11. The molecule has 168 valence electrons. The fourth-order valence-corrected chi connectivity index (χ4v) is 4.83. The number of hydrogen-bond donors (Lipinski definition) is 2. The second kappa shape index (κ2) is 7.79. The fourth-order valence-electron chi connectivity index (χ4n) is 4.83. The minimum absolute atomic E-state index is 0.136. The molecule has 5 nitrogen and oxygen atoms in total. The van der Waals surface area contributed by atoms with Crippen molar-refractivity contribution in [3.05, 3.63) is 35.4 Å². The number of amidine groups is 1. The first kappa shape index (κ1) is 22.1. The van der Waals surface area contributed by atoms with E-state index in [0.717, 1.165) is 58.3 Å². The van der Waals surface area contributed by atoms with Crippen LogP contribution in [0.15, 0.2) is 29.3 Å². The van der Waals surface area contributed by atoms with Gasteiger partial charge in [-0.3, -0.25) is 0 Å². The zero-order chi connectivity index (χ0) is 22.4.